The molecule has 4 aromatic rings. The van der Waals surface area contributed by atoms with Gasteiger partial charge in [-0.1, -0.05) is 60.7 Å². The van der Waals surface area contributed by atoms with Gasteiger partial charge in [0.15, 0.2) is 0 Å². The molecule has 4 rings (SSSR count). The van der Waals surface area contributed by atoms with Crippen LogP contribution in [-0.2, 0) is 43.5 Å². The summed E-state index contributed by atoms with van der Waals surface area (Å²) in [7, 11) is 0. The summed E-state index contributed by atoms with van der Waals surface area (Å²) in [5.41, 5.74) is 5.12. The molecule has 0 aliphatic heterocycles. The van der Waals surface area contributed by atoms with Crippen LogP contribution in [0.25, 0.3) is 0 Å². The van der Waals surface area contributed by atoms with Crippen LogP contribution in [0.3, 0.4) is 0 Å². The number of aryl methyl sites for hydroxylation is 6. The average molecular weight is 471 g/mol. The third-order valence-corrected chi connectivity index (χ3v) is 6.27. The third-order valence-electron chi connectivity index (χ3n) is 6.27. The summed E-state index contributed by atoms with van der Waals surface area (Å²) >= 11 is 0. The Morgan fingerprint density at radius 2 is 1.00 bits per heavy atom. The number of hydrogen-bond donors (Lipinski definition) is 0. The summed E-state index contributed by atoms with van der Waals surface area (Å²) in [4.78, 5) is 9.11. The van der Waals surface area contributed by atoms with Crippen LogP contribution in [0.2, 0.25) is 0 Å². The number of rotatable bonds is 16. The van der Waals surface area contributed by atoms with Gasteiger partial charge < -0.3 is 13.9 Å². The smallest absolute Gasteiger partial charge is 0.0949 e. The minimum absolute atomic E-state index is 0.787. The number of imidazole rings is 2. The summed E-state index contributed by atoms with van der Waals surface area (Å²) in [6.45, 7) is 3.60. The summed E-state index contributed by atoms with van der Waals surface area (Å²) in [6, 6.07) is 21.3. The van der Waals surface area contributed by atoms with E-state index in [9.17, 15) is 0 Å². The van der Waals surface area contributed by atoms with Crippen molar-refractivity contribution in [2.24, 2.45) is 0 Å². The lowest BCUT2D eigenvalue weighted by molar-refractivity contribution is 0.129. The van der Waals surface area contributed by atoms with E-state index < -0.39 is 0 Å². The molecule has 0 saturated carbocycles. The number of hydrogen-bond acceptors (Lipinski definition) is 3. The molecule has 2 heterocycles. The largest absolute Gasteiger partial charge is 0.381 e. The van der Waals surface area contributed by atoms with Crippen molar-refractivity contribution >= 4 is 0 Å². The van der Waals surface area contributed by atoms with Gasteiger partial charge in [0.05, 0.1) is 24.0 Å². The van der Waals surface area contributed by atoms with Crippen LogP contribution in [0.4, 0.5) is 0 Å². The molecular formula is C30H38N4O. The highest BCUT2D eigenvalue weighted by Crippen LogP contribution is 2.08. The molecule has 0 aliphatic carbocycles. The van der Waals surface area contributed by atoms with Crippen molar-refractivity contribution in [3.05, 3.63) is 108 Å². The van der Waals surface area contributed by atoms with Crippen molar-refractivity contribution in [3.63, 3.8) is 0 Å². The van der Waals surface area contributed by atoms with Crippen LogP contribution in [0, 0.1) is 0 Å². The van der Waals surface area contributed by atoms with Crippen LogP contribution in [0.1, 0.15) is 48.2 Å². The molecule has 0 bridgehead atoms. The molecule has 2 aromatic heterocycles. The van der Waals surface area contributed by atoms with Gasteiger partial charge in [-0.2, -0.15) is 0 Å². The van der Waals surface area contributed by atoms with Crippen molar-refractivity contribution in [3.8, 4) is 0 Å². The fourth-order valence-electron chi connectivity index (χ4n) is 4.35. The highest BCUT2D eigenvalue weighted by atomic mass is 16.5. The van der Waals surface area contributed by atoms with E-state index in [1.807, 2.05) is 12.7 Å². The minimum atomic E-state index is 0.787. The minimum Gasteiger partial charge on any atom is -0.381 e. The van der Waals surface area contributed by atoms with Crippen molar-refractivity contribution in [2.75, 3.05) is 13.2 Å². The SMILES string of the molecule is c1ccc(CCCn2cnc(CCCOCCCc3cn(CCCc4ccccc4)cn3)c2)cc1. The highest BCUT2D eigenvalue weighted by Gasteiger charge is 2.02. The van der Waals surface area contributed by atoms with Gasteiger partial charge in [0.1, 0.15) is 0 Å². The zero-order valence-corrected chi connectivity index (χ0v) is 20.8. The summed E-state index contributed by atoms with van der Waals surface area (Å²) < 4.78 is 10.3. The molecule has 184 valence electrons. The van der Waals surface area contributed by atoms with Gasteiger partial charge in [-0.05, 0) is 62.5 Å². The lowest BCUT2D eigenvalue weighted by Gasteiger charge is -2.04. The van der Waals surface area contributed by atoms with Gasteiger partial charge >= 0.3 is 0 Å². The molecule has 0 unspecified atom stereocenters. The predicted octanol–water partition coefficient (Wildman–Crippen LogP) is 5.93. The maximum Gasteiger partial charge on any atom is 0.0949 e. The first-order valence-corrected chi connectivity index (χ1v) is 13.0. The Hall–Kier alpha value is -3.18. The number of benzene rings is 2. The van der Waals surface area contributed by atoms with Gasteiger partial charge in [-0.15, -0.1) is 0 Å². The summed E-state index contributed by atoms with van der Waals surface area (Å²) in [5.74, 6) is 0. The predicted molar refractivity (Wildman–Crippen MR) is 141 cm³/mol. The monoisotopic (exact) mass is 470 g/mol. The van der Waals surface area contributed by atoms with Crippen LogP contribution in [-0.4, -0.2) is 32.3 Å². The maximum absolute atomic E-state index is 5.85. The van der Waals surface area contributed by atoms with E-state index in [2.05, 4.69) is 92.2 Å². The fraction of sp³-hybridized carbons (Fsp3) is 0.400. The molecular weight excluding hydrogens is 432 g/mol. The first kappa shape index (κ1) is 24.9. The van der Waals surface area contributed by atoms with Gasteiger partial charge in [0.25, 0.3) is 0 Å². The molecule has 0 fully saturated rings. The zero-order valence-electron chi connectivity index (χ0n) is 20.8. The van der Waals surface area contributed by atoms with E-state index in [1.165, 1.54) is 11.1 Å². The Morgan fingerprint density at radius 3 is 1.46 bits per heavy atom. The molecule has 5 heteroatoms. The molecule has 0 radical (unpaired) electrons. The van der Waals surface area contributed by atoms with Crippen molar-refractivity contribution in [1.82, 2.24) is 19.1 Å². The van der Waals surface area contributed by atoms with Crippen LogP contribution < -0.4 is 0 Å². The Labute approximate surface area is 209 Å². The van der Waals surface area contributed by atoms with Gasteiger partial charge in [-0.3, -0.25) is 0 Å². The van der Waals surface area contributed by atoms with Gasteiger partial charge in [-0.25, -0.2) is 9.97 Å². The van der Waals surface area contributed by atoms with E-state index in [-0.39, 0.29) is 0 Å². The summed E-state index contributed by atoms with van der Waals surface area (Å²) in [6.07, 6.45) is 16.7. The van der Waals surface area contributed by atoms with Crippen molar-refractivity contribution in [2.45, 2.75) is 64.5 Å². The van der Waals surface area contributed by atoms with Crippen molar-refractivity contribution in [1.29, 1.82) is 0 Å². The van der Waals surface area contributed by atoms with Crippen LogP contribution in [0.5, 0.6) is 0 Å². The standard InChI is InChI=1S/C30H38N4O/c1-3-11-27(12-4-1)15-7-19-33-23-29(31-25-33)17-9-21-35-22-10-18-30-24-34(26-32-30)20-8-16-28-13-5-2-6-14-28/h1-6,11-14,23-26H,7-10,15-22H2. The molecule has 2 aromatic carbocycles. The molecule has 0 atom stereocenters. The molecule has 0 spiro atoms. The van der Waals surface area contributed by atoms with E-state index in [0.717, 1.165) is 89.1 Å². The first-order valence-electron chi connectivity index (χ1n) is 13.0. The number of aromatic nitrogens is 4. The maximum atomic E-state index is 5.85. The first-order chi connectivity index (χ1) is 17.3. The molecule has 0 saturated heterocycles. The average Bonchev–Trinajstić information content (AvgIpc) is 3.54. The topological polar surface area (TPSA) is 44.9 Å². The highest BCUT2D eigenvalue weighted by molar-refractivity contribution is 5.15. The second-order valence-corrected chi connectivity index (χ2v) is 9.20. The molecule has 35 heavy (non-hydrogen) atoms. The molecule has 0 amide bonds. The zero-order chi connectivity index (χ0) is 24.0. The second kappa shape index (κ2) is 14.3. The number of ether oxygens (including phenoxy) is 1. The van der Waals surface area contributed by atoms with E-state index in [1.54, 1.807) is 0 Å². The molecule has 0 aliphatic rings. The summed E-state index contributed by atoms with van der Waals surface area (Å²) in [5, 5.41) is 0. The lowest BCUT2D eigenvalue weighted by atomic mass is 10.1. The normalized spacial score (nSPS) is 11.2. The van der Waals surface area contributed by atoms with E-state index >= 15 is 0 Å². The Morgan fingerprint density at radius 1 is 0.543 bits per heavy atom. The Bertz CT molecular complexity index is 1000. The van der Waals surface area contributed by atoms with Gasteiger partial charge in [0.2, 0.25) is 0 Å². The van der Waals surface area contributed by atoms with Crippen molar-refractivity contribution < 1.29 is 4.74 Å². The lowest BCUT2D eigenvalue weighted by Crippen LogP contribution is -2.01. The molecule has 5 nitrogen and oxygen atoms in total. The van der Waals surface area contributed by atoms with E-state index in [4.69, 9.17) is 4.74 Å². The van der Waals surface area contributed by atoms with Gasteiger partial charge in [0, 0.05) is 38.7 Å². The van der Waals surface area contributed by atoms with Crippen LogP contribution >= 0.6 is 0 Å². The van der Waals surface area contributed by atoms with Crippen LogP contribution in [0.15, 0.2) is 85.7 Å². The van der Waals surface area contributed by atoms with E-state index in [0.29, 0.717) is 0 Å². The Balaban J connectivity index is 1.01. The third kappa shape index (κ3) is 9.18. The molecule has 0 N–H and O–H groups in total. The second-order valence-electron chi connectivity index (χ2n) is 9.20. The quantitative estimate of drug-likeness (QED) is 0.191. The number of nitrogens with zero attached hydrogens (tertiary/aromatic N) is 4. The Kier molecular flexibility index (Phi) is 10.2. The fourth-order valence-corrected chi connectivity index (χ4v) is 4.35.